The Kier molecular flexibility index (Phi) is 7.48. The normalized spacial score (nSPS) is 28.3. The molecular weight excluding hydrogens is 362 g/mol. The Morgan fingerprint density at radius 2 is 1.96 bits per heavy atom. The lowest BCUT2D eigenvalue weighted by Crippen LogP contribution is -2.51. The summed E-state index contributed by atoms with van der Waals surface area (Å²) in [4.78, 5) is 17.6. The van der Waals surface area contributed by atoms with Gasteiger partial charge in [-0.05, 0) is 12.5 Å². The highest BCUT2D eigenvalue weighted by atomic mass is 35.5. The van der Waals surface area contributed by atoms with Gasteiger partial charge in [0.25, 0.3) is 8.02 Å². The van der Waals surface area contributed by atoms with Crippen LogP contribution in [0.4, 0.5) is 0 Å². The van der Waals surface area contributed by atoms with Gasteiger partial charge in [0, 0.05) is 18.2 Å². The van der Waals surface area contributed by atoms with Crippen molar-refractivity contribution >= 4 is 31.2 Å². The summed E-state index contributed by atoms with van der Waals surface area (Å²) in [6.07, 6.45) is -0.930. The highest BCUT2D eigenvalue weighted by Crippen LogP contribution is 2.58. The van der Waals surface area contributed by atoms with Crippen molar-refractivity contribution in [2.24, 2.45) is 0 Å². The van der Waals surface area contributed by atoms with Gasteiger partial charge in [-0.3, -0.25) is 5.26 Å². The first-order valence-corrected chi connectivity index (χ1v) is 9.97. The average Bonchev–Trinajstić information content (AvgIpc) is 2.54. The monoisotopic (exact) mass is 382 g/mol. The molecule has 1 aromatic rings. The third-order valence-electron chi connectivity index (χ3n) is 3.64. The van der Waals surface area contributed by atoms with Crippen molar-refractivity contribution in [1.29, 1.82) is 0 Å². The summed E-state index contributed by atoms with van der Waals surface area (Å²) in [7, 11) is -3.43. The summed E-state index contributed by atoms with van der Waals surface area (Å²) in [5, 5.41) is 11.8. The minimum atomic E-state index is -3.43. The molecule has 2 N–H and O–H groups in total. The van der Waals surface area contributed by atoms with Crippen LogP contribution in [0.2, 0.25) is 0 Å². The summed E-state index contributed by atoms with van der Waals surface area (Å²) < 4.78 is 7.43. The van der Waals surface area contributed by atoms with Gasteiger partial charge >= 0.3 is 0 Å². The fourth-order valence-electron chi connectivity index (χ4n) is 2.44. The molecule has 0 amide bonds. The van der Waals surface area contributed by atoms with Gasteiger partial charge in [-0.2, -0.15) is 4.52 Å². The van der Waals surface area contributed by atoms with E-state index in [2.05, 4.69) is 9.97 Å². The second-order valence-corrected chi connectivity index (χ2v) is 8.15. The minimum absolute atomic E-state index is 0.283. The van der Waals surface area contributed by atoms with E-state index in [4.69, 9.17) is 33.0 Å². The number of hydrogen-bond acceptors (Lipinski definition) is 6. The maximum atomic E-state index is 13.2. The lowest BCUT2D eigenvalue weighted by Gasteiger charge is -2.44. The fourth-order valence-corrected chi connectivity index (χ4v) is 5.24. The van der Waals surface area contributed by atoms with Crippen LogP contribution in [0, 0.1) is 6.92 Å². The summed E-state index contributed by atoms with van der Waals surface area (Å²) in [6, 6.07) is 7.74. The number of halogens is 2. The molecule has 0 saturated carbocycles. The van der Waals surface area contributed by atoms with E-state index < -0.39 is 20.3 Å². The first kappa shape index (κ1) is 19.3. The highest BCUT2D eigenvalue weighted by Gasteiger charge is 2.47. The lowest BCUT2D eigenvalue weighted by molar-refractivity contribution is -0.302. The zero-order valence-electron chi connectivity index (χ0n) is 12.8. The molecular formula is C14H21Cl2N2O4P. The van der Waals surface area contributed by atoms with Crippen molar-refractivity contribution in [2.75, 3.05) is 24.8 Å². The van der Waals surface area contributed by atoms with Gasteiger partial charge in [-0.15, -0.1) is 33.0 Å². The van der Waals surface area contributed by atoms with E-state index in [1.54, 1.807) is 4.67 Å². The topological polar surface area (TPSA) is 77.0 Å². The van der Waals surface area contributed by atoms with Gasteiger partial charge in [0.15, 0.2) is 6.23 Å². The van der Waals surface area contributed by atoms with Crippen molar-refractivity contribution in [3.05, 3.63) is 35.4 Å². The molecule has 9 heteroatoms. The number of aryl methyl sites for hydroxylation is 1. The number of alkyl halides is 2. The first-order valence-electron chi connectivity index (χ1n) is 7.32. The molecule has 6 nitrogen and oxygen atoms in total. The minimum Gasteiger partial charge on any atom is -0.626 e. The molecule has 1 saturated heterocycles. The molecule has 1 aliphatic rings. The molecule has 1 aromatic carbocycles. The van der Waals surface area contributed by atoms with Crippen LogP contribution < -0.4 is 9.98 Å². The number of rotatable bonds is 7. The summed E-state index contributed by atoms with van der Waals surface area (Å²) in [5.41, 5.74) is 1.99. The number of hydrogen-bond donors (Lipinski definition) is 2. The predicted molar refractivity (Wildman–Crippen MR) is 90.2 cm³/mol. The lowest BCUT2D eigenvalue weighted by atomic mass is 10.0. The molecule has 0 spiro atoms. The Bertz CT molecular complexity index is 490. The van der Waals surface area contributed by atoms with Crippen LogP contribution in [0.5, 0.6) is 0 Å². The molecule has 0 aromatic heterocycles. The fraction of sp³-hybridized carbons (Fsp3) is 0.571. The van der Waals surface area contributed by atoms with E-state index in [1.807, 2.05) is 31.2 Å². The Morgan fingerprint density at radius 1 is 1.35 bits per heavy atom. The van der Waals surface area contributed by atoms with Crippen molar-refractivity contribution in [3.63, 3.8) is 0 Å². The van der Waals surface area contributed by atoms with E-state index in [1.165, 1.54) is 0 Å². The molecule has 0 radical (unpaired) electrons. The molecule has 1 fully saturated rings. The maximum absolute atomic E-state index is 13.2. The summed E-state index contributed by atoms with van der Waals surface area (Å²) >= 11 is 11.6. The van der Waals surface area contributed by atoms with Crippen LogP contribution in [-0.4, -0.2) is 41.0 Å². The van der Waals surface area contributed by atoms with Gasteiger partial charge in [0.2, 0.25) is 0 Å². The van der Waals surface area contributed by atoms with Crippen LogP contribution in [0.1, 0.15) is 23.7 Å². The van der Waals surface area contributed by atoms with Crippen molar-refractivity contribution in [2.45, 2.75) is 25.7 Å². The van der Waals surface area contributed by atoms with Gasteiger partial charge < -0.3 is 4.89 Å². The third kappa shape index (κ3) is 4.98. The zero-order chi connectivity index (χ0) is 16.9. The van der Waals surface area contributed by atoms with Crippen molar-refractivity contribution in [1.82, 2.24) is 9.76 Å². The summed E-state index contributed by atoms with van der Waals surface area (Å²) in [6.45, 7) is 2.68. The van der Waals surface area contributed by atoms with E-state index in [0.29, 0.717) is 19.5 Å². The zero-order valence-corrected chi connectivity index (χ0v) is 15.2. The Hall–Kier alpha value is -0.0100. The SMILES string of the molecule is Cc1ccc([C@@H]2C[C@@H](OO)N[P+]([O-])(N(CCCl)CCCl)O2)cc1. The van der Waals surface area contributed by atoms with Gasteiger partial charge in [-0.1, -0.05) is 29.8 Å². The van der Waals surface area contributed by atoms with Crippen LogP contribution >= 0.6 is 31.2 Å². The second kappa shape index (κ2) is 8.90. The highest BCUT2D eigenvalue weighted by molar-refractivity contribution is 7.59. The van der Waals surface area contributed by atoms with E-state index in [0.717, 1.165) is 11.1 Å². The smallest absolute Gasteiger partial charge is 0.253 e. The maximum Gasteiger partial charge on any atom is 0.253 e. The predicted octanol–water partition coefficient (Wildman–Crippen LogP) is 2.68. The number of benzene rings is 1. The van der Waals surface area contributed by atoms with Gasteiger partial charge in [0.1, 0.15) is 6.10 Å². The molecule has 0 aliphatic carbocycles. The molecule has 1 heterocycles. The van der Waals surface area contributed by atoms with E-state index in [-0.39, 0.29) is 11.8 Å². The third-order valence-corrected chi connectivity index (χ3v) is 6.28. The molecule has 130 valence electrons. The van der Waals surface area contributed by atoms with Crippen LogP contribution in [0.15, 0.2) is 24.3 Å². The summed E-state index contributed by atoms with van der Waals surface area (Å²) in [5.74, 6) is 0.567. The molecule has 23 heavy (non-hydrogen) atoms. The number of nitrogens with one attached hydrogen (secondary N) is 1. The standard InChI is InChI=1S/C14H21Cl2N2O4P/c1-11-2-4-12(5-3-11)13-10-14(21-19)17-23(20,22-13)18(8-6-15)9-7-16/h2-5,13-14,19H,6-10H2,1H3,(H,17,20)/t13-,14+,23?/m0/s1. The van der Waals surface area contributed by atoms with Gasteiger partial charge in [-0.25, -0.2) is 4.89 Å². The van der Waals surface area contributed by atoms with Crippen molar-refractivity contribution < 1.29 is 19.6 Å². The molecule has 1 aliphatic heterocycles. The van der Waals surface area contributed by atoms with Crippen molar-refractivity contribution in [3.8, 4) is 0 Å². The second-order valence-electron chi connectivity index (χ2n) is 5.32. The number of nitrogens with zero attached hydrogens (tertiary/aromatic N) is 1. The molecule has 0 bridgehead atoms. The van der Waals surface area contributed by atoms with Crippen LogP contribution in [-0.2, 0) is 9.41 Å². The van der Waals surface area contributed by atoms with Gasteiger partial charge in [0.05, 0.1) is 13.1 Å². The Morgan fingerprint density at radius 3 is 2.48 bits per heavy atom. The first-order chi connectivity index (χ1) is 11.0. The molecule has 1 unspecified atom stereocenters. The van der Waals surface area contributed by atoms with E-state index in [9.17, 15) is 4.89 Å². The molecule has 2 rings (SSSR count). The Balaban J connectivity index is 2.23. The largest absolute Gasteiger partial charge is 0.626 e. The average molecular weight is 383 g/mol. The van der Waals surface area contributed by atoms with Crippen LogP contribution in [0.25, 0.3) is 0 Å². The van der Waals surface area contributed by atoms with Crippen LogP contribution in [0.3, 0.4) is 0 Å². The quantitative estimate of drug-likeness (QED) is 0.326. The Labute approximate surface area is 146 Å². The molecule has 3 atom stereocenters. The van der Waals surface area contributed by atoms with E-state index >= 15 is 0 Å².